The number of nitrogens with zero attached hydrogens (tertiary/aromatic N) is 1. The summed E-state index contributed by atoms with van der Waals surface area (Å²) in [7, 11) is 4.36. The molecule has 1 N–H and O–H groups in total. The van der Waals surface area contributed by atoms with Crippen LogP contribution in [-0.2, 0) is 0 Å². The predicted octanol–water partition coefficient (Wildman–Crippen LogP) is 2.01. The fourth-order valence-corrected chi connectivity index (χ4v) is 1.77. The Balaban J connectivity index is 3.29. The van der Waals surface area contributed by atoms with Gasteiger partial charge in [-0.1, -0.05) is 22.4 Å². The Morgan fingerprint density at radius 2 is 1.62 bits per heavy atom. The summed E-state index contributed by atoms with van der Waals surface area (Å²) < 4.78 is 0.949. The first-order valence-corrected chi connectivity index (χ1v) is 6.23. The van der Waals surface area contributed by atoms with E-state index >= 15 is 0 Å². The minimum Gasteiger partial charge on any atom is -0.391 e. The quantitative estimate of drug-likeness (QED) is 0.398. The van der Waals surface area contributed by atoms with Crippen LogP contribution in [0, 0.1) is 0 Å². The number of likely N-dealkylation sites (N-methyl/N-ethyl adjacent to an activating group) is 1. The second kappa shape index (κ2) is 7.77. The molecule has 0 fully saturated rings. The lowest BCUT2D eigenvalue weighted by molar-refractivity contribution is -0.890. The molecule has 0 saturated carbocycles. The van der Waals surface area contributed by atoms with Crippen LogP contribution in [0.5, 0.6) is 0 Å². The Labute approximate surface area is 90.7 Å². The molecular formula is C10H23BrNO+. The molecule has 0 atom stereocenters. The summed E-state index contributed by atoms with van der Waals surface area (Å²) in [5.41, 5.74) is 0. The van der Waals surface area contributed by atoms with Crippen molar-refractivity contribution in [2.45, 2.75) is 25.7 Å². The van der Waals surface area contributed by atoms with E-state index in [1.165, 1.54) is 32.2 Å². The van der Waals surface area contributed by atoms with E-state index < -0.39 is 0 Å². The van der Waals surface area contributed by atoms with Gasteiger partial charge in [-0.2, -0.15) is 0 Å². The molecule has 0 amide bonds. The maximum Gasteiger partial charge on any atom is 0.102 e. The molecule has 0 aliphatic rings. The molecule has 0 heterocycles. The van der Waals surface area contributed by atoms with Crippen molar-refractivity contribution in [2.24, 2.45) is 0 Å². The van der Waals surface area contributed by atoms with Crippen LogP contribution < -0.4 is 0 Å². The van der Waals surface area contributed by atoms with E-state index in [9.17, 15) is 0 Å². The lowest BCUT2D eigenvalue weighted by Gasteiger charge is -2.28. The fraction of sp³-hybridized carbons (Fsp3) is 1.00. The lowest BCUT2D eigenvalue weighted by Crippen LogP contribution is -2.42. The number of halogens is 1. The SMILES string of the molecule is C[N+](C)(CCO)CCCCCCBr. The molecule has 2 nitrogen and oxygen atoms in total. The maximum absolute atomic E-state index is 8.82. The molecule has 0 bridgehead atoms. The normalized spacial score (nSPS) is 12.0. The zero-order valence-electron chi connectivity index (χ0n) is 8.93. The topological polar surface area (TPSA) is 20.2 Å². The second-order valence-electron chi connectivity index (χ2n) is 4.21. The molecule has 0 aliphatic carbocycles. The number of quaternary nitrogens is 1. The number of unbranched alkanes of at least 4 members (excludes halogenated alkanes) is 3. The van der Waals surface area contributed by atoms with E-state index in [2.05, 4.69) is 30.0 Å². The van der Waals surface area contributed by atoms with E-state index in [0.29, 0.717) is 6.61 Å². The van der Waals surface area contributed by atoms with Crippen LogP contribution in [0.4, 0.5) is 0 Å². The molecule has 3 heteroatoms. The van der Waals surface area contributed by atoms with Crippen molar-refractivity contribution >= 4 is 15.9 Å². The largest absolute Gasteiger partial charge is 0.391 e. The summed E-state index contributed by atoms with van der Waals surface area (Å²) in [5.74, 6) is 0. The van der Waals surface area contributed by atoms with Crippen LogP contribution in [0.15, 0.2) is 0 Å². The first kappa shape index (κ1) is 13.4. The Hall–Kier alpha value is 0.400. The van der Waals surface area contributed by atoms with Crippen molar-refractivity contribution in [3.8, 4) is 0 Å². The summed E-state index contributed by atoms with van der Waals surface area (Å²) in [6.07, 6.45) is 5.20. The highest BCUT2D eigenvalue weighted by Crippen LogP contribution is 2.05. The number of alkyl halides is 1. The van der Waals surface area contributed by atoms with Gasteiger partial charge in [0.15, 0.2) is 0 Å². The molecule has 0 rings (SSSR count). The standard InChI is InChI=1S/C10H23BrNO/c1-12(2,9-10-13)8-6-4-3-5-7-11/h13H,3-10H2,1-2H3/q+1. The van der Waals surface area contributed by atoms with Crippen LogP contribution in [0.1, 0.15) is 25.7 Å². The van der Waals surface area contributed by atoms with Gasteiger partial charge in [0.25, 0.3) is 0 Å². The van der Waals surface area contributed by atoms with Gasteiger partial charge in [-0.15, -0.1) is 0 Å². The van der Waals surface area contributed by atoms with E-state index in [1.54, 1.807) is 0 Å². The van der Waals surface area contributed by atoms with E-state index in [0.717, 1.165) is 16.4 Å². The minimum atomic E-state index is 0.300. The lowest BCUT2D eigenvalue weighted by atomic mass is 10.2. The van der Waals surface area contributed by atoms with Crippen LogP contribution in [0.2, 0.25) is 0 Å². The van der Waals surface area contributed by atoms with Crippen molar-refractivity contribution in [2.75, 3.05) is 39.1 Å². The number of aliphatic hydroxyl groups is 1. The summed E-state index contributed by atoms with van der Waals surface area (Å²) in [5, 5.41) is 9.95. The third-order valence-corrected chi connectivity index (χ3v) is 2.91. The van der Waals surface area contributed by atoms with Crippen LogP contribution in [0.25, 0.3) is 0 Å². The van der Waals surface area contributed by atoms with Gasteiger partial charge in [0.05, 0.1) is 27.2 Å². The highest BCUT2D eigenvalue weighted by molar-refractivity contribution is 9.09. The minimum absolute atomic E-state index is 0.300. The summed E-state index contributed by atoms with van der Waals surface area (Å²) in [6.45, 7) is 2.36. The van der Waals surface area contributed by atoms with E-state index in [4.69, 9.17) is 5.11 Å². The number of hydrogen-bond donors (Lipinski definition) is 1. The molecule has 13 heavy (non-hydrogen) atoms. The highest BCUT2D eigenvalue weighted by atomic mass is 79.9. The first-order chi connectivity index (χ1) is 6.12. The van der Waals surface area contributed by atoms with Gasteiger partial charge in [-0.05, 0) is 19.3 Å². The third-order valence-electron chi connectivity index (χ3n) is 2.35. The fourth-order valence-electron chi connectivity index (χ4n) is 1.37. The first-order valence-electron chi connectivity index (χ1n) is 5.11. The molecule has 0 aliphatic heterocycles. The van der Waals surface area contributed by atoms with Crippen molar-refractivity contribution < 1.29 is 9.59 Å². The Bertz CT molecular complexity index is 117. The smallest absolute Gasteiger partial charge is 0.102 e. The van der Waals surface area contributed by atoms with Gasteiger partial charge < -0.3 is 9.59 Å². The monoisotopic (exact) mass is 252 g/mol. The predicted molar refractivity (Wildman–Crippen MR) is 61.2 cm³/mol. The molecule has 0 unspecified atom stereocenters. The summed E-state index contributed by atoms with van der Waals surface area (Å²) in [4.78, 5) is 0. The van der Waals surface area contributed by atoms with Gasteiger partial charge in [-0.25, -0.2) is 0 Å². The molecule has 80 valence electrons. The average molecular weight is 253 g/mol. The van der Waals surface area contributed by atoms with Gasteiger partial charge in [0.1, 0.15) is 6.54 Å². The number of aliphatic hydroxyl groups excluding tert-OH is 1. The summed E-state index contributed by atoms with van der Waals surface area (Å²) >= 11 is 3.43. The Morgan fingerprint density at radius 3 is 2.15 bits per heavy atom. The van der Waals surface area contributed by atoms with Gasteiger partial charge in [0.2, 0.25) is 0 Å². The average Bonchev–Trinajstić information content (AvgIpc) is 2.04. The molecule has 0 radical (unpaired) electrons. The Morgan fingerprint density at radius 1 is 1.00 bits per heavy atom. The highest BCUT2D eigenvalue weighted by Gasteiger charge is 2.12. The summed E-state index contributed by atoms with van der Waals surface area (Å²) in [6, 6.07) is 0. The zero-order valence-corrected chi connectivity index (χ0v) is 10.5. The molecule has 0 aromatic heterocycles. The maximum atomic E-state index is 8.82. The van der Waals surface area contributed by atoms with Crippen LogP contribution in [-0.4, -0.2) is 48.7 Å². The zero-order chi connectivity index (χ0) is 10.2. The molecule has 0 saturated heterocycles. The number of hydrogen-bond acceptors (Lipinski definition) is 1. The Kier molecular flexibility index (Phi) is 8.01. The van der Waals surface area contributed by atoms with E-state index in [-0.39, 0.29) is 0 Å². The molecular weight excluding hydrogens is 230 g/mol. The van der Waals surface area contributed by atoms with Crippen LogP contribution in [0.3, 0.4) is 0 Å². The molecule has 0 aromatic rings. The molecule has 0 spiro atoms. The third kappa shape index (κ3) is 8.72. The van der Waals surface area contributed by atoms with Crippen molar-refractivity contribution in [1.82, 2.24) is 0 Å². The van der Waals surface area contributed by atoms with E-state index in [1.807, 2.05) is 0 Å². The van der Waals surface area contributed by atoms with Gasteiger partial charge >= 0.3 is 0 Å². The molecule has 0 aromatic carbocycles. The van der Waals surface area contributed by atoms with Crippen molar-refractivity contribution in [3.05, 3.63) is 0 Å². The van der Waals surface area contributed by atoms with Crippen molar-refractivity contribution in [1.29, 1.82) is 0 Å². The second-order valence-corrected chi connectivity index (χ2v) is 5.00. The van der Waals surface area contributed by atoms with Gasteiger partial charge in [0, 0.05) is 5.33 Å². The van der Waals surface area contributed by atoms with Crippen LogP contribution >= 0.6 is 15.9 Å². The van der Waals surface area contributed by atoms with Crippen molar-refractivity contribution in [3.63, 3.8) is 0 Å². The van der Waals surface area contributed by atoms with Gasteiger partial charge in [-0.3, -0.25) is 0 Å². The number of rotatable bonds is 8.